The van der Waals surface area contributed by atoms with E-state index >= 15 is 0 Å². The van der Waals surface area contributed by atoms with E-state index in [0.717, 1.165) is 67.9 Å². The third-order valence-corrected chi connectivity index (χ3v) is 7.80. The summed E-state index contributed by atoms with van der Waals surface area (Å²) in [5, 5.41) is 4.43. The molecule has 2 N–H and O–H groups in total. The number of aromatic nitrogens is 4. The first-order chi connectivity index (χ1) is 17.5. The first-order valence-electron chi connectivity index (χ1n) is 11.8. The highest BCUT2D eigenvalue weighted by molar-refractivity contribution is 7.92. The Morgan fingerprint density at radius 3 is 2.56 bits per heavy atom. The largest absolute Gasteiger partial charge is 0.353 e. The van der Waals surface area contributed by atoms with Gasteiger partial charge in [0.1, 0.15) is 17.5 Å². The number of piperazine rings is 1. The van der Waals surface area contributed by atoms with Gasteiger partial charge in [-0.3, -0.25) is 9.71 Å². The molecule has 6 rings (SSSR count). The molecule has 1 aromatic carbocycles. The Kier molecular flexibility index (Phi) is 5.73. The van der Waals surface area contributed by atoms with Crippen LogP contribution in [-0.4, -0.2) is 54.5 Å². The van der Waals surface area contributed by atoms with Crippen molar-refractivity contribution in [3.8, 4) is 11.4 Å². The second kappa shape index (κ2) is 9.07. The van der Waals surface area contributed by atoms with Crippen LogP contribution in [0.2, 0.25) is 0 Å². The van der Waals surface area contributed by atoms with Gasteiger partial charge in [0.05, 0.1) is 16.6 Å². The van der Waals surface area contributed by atoms with Crippen LogP contribution in [0.4, 0.5) is 16.0 Å². The maximum absolute atomic E-state index is 13.2. The summed E-state index contributed by atoms with van der Waals surface area (Å²) in [6.07, 6.45) is 7.49. The monoisotopic (exact) mass is 505 g/mol. The number of anilines is 2. The second-order valence-corrected chi connectivity index (χ2v) is 10.7. The molecule has 2 fully saturated rings. The smallest absolute Gasteiger partial charge is 0.263 e. The van der Waals surface area contributed by atoms with E-state index in [0.29, 0.717) is 17.3 Å². The van der Waals surface area contributed by atoms with Gasteiger partial charge in [-0.15, -0.1) is 0 Å². The van der Waals surface area contributed by atoms with Crippen LogP contribution in [0.15, 0.2) is 59.9 Å². The number of rotatable bonds is 6. The molecule has 0 atom stereocenters. The summed E-state index contributed by atoms with van der Waals surface area (Å²) in [5.74, 6) is 1.45. The maximum Gasteiger partial charge on any atom is 0.263 e. The number of pyridine rings is 2. The Morgan fingerprint density at radius 1 is 1.03 bits per heavy atom. The lowest BCUT2D eigenvalue weighted by atomic mass is 10.1. The molecule has 9 nitrogen and oxygen atoms in total. The Labute approximate surface area is 207 Å². The van der Waals surface area contributed by atoms with Gasteiger partial charge in [0.15, 0.2) is 5.82 Å². The molecule has 1 saturated carbocycles. The van der Waals surface area contributed by atoms with Crippen molar-refractivity contribution < 1.29 is 12.8 Å². The fraction of sp³-hybridized carbons (Fsp3) is 0.280. The van der Waals surface area contributed by atoms with Crippen molar-refractivity contribution in [1.29, 1.82) is 0 Å². The molecular weight excluding hydrogens is 481 g/mol. The minimum absolute atomic E-state index is 0.0577. The zero-order valence-electron chi connectivity index (χ0n) is 19.4. The highest BCUT2D eigenvalue weighted by Gasteiger charge is 2.29. The Hall–Kier alpha value is -3.70. The van der Waals surface area contributed by atoms with Crippen LogP contribution in [0, 0.1) is 5.82 Å². The molecular formula is C25H24FN7O2S. The number of nitrogens with zero attached hydrogens (tertiary/aromatic N) is 5. The van der Waals surface area contributed by atoms with E-state index in [2.05, 4.69) is 24.9 Å². The summed E-state index contributed by atoms with van der Waals surface area (Å²) in [4.78, 5) is 20.6. The van der Waals surface area contributed by atoms with Crippen molar-refractivity contribution in [3.05, 3.63) is 66.4 Å². The predicted octanol–water partition coefficient (Wildman–Crippen LogP) is 3.31. The molecule has 1 saturated heterocycles. The van der Waals surface area contributed by atoms with Crippen molar-refractivity contribution >= 4 is 32.6 Å². The number of nitrogens with one attached hydrogen (secondary N) is 2. The molecule has 3 aromatic heterocycles. The Balaban J connectivity index is 1.40. The first kappa shape index (κ1) is 22.7. The Morgan fingerprint density at radius 2 is 1.81 bits per heavy atom. The molecule has 0 spiro atoms. The van der Waals surface area contributed by atoms with Gasteiger partial charge in [-0.25, -0.2) is 27.8 Å². The fourth-order valence-electron chi connectivity index (χ4n) is 4.46. The zero-order chi connectivity index (χ0) is 24.7. The zero-order valence-corrected chi connectivity index (χ0v) is 20.2. The Bertz CT molecular complexity index is 1540. The molecule has 4 aromatic rings. The molecule has 4 heterocycles. The molecule has 0 bridgehead atoms. The van der Waals surface area contributed by atoms with Crippen molar-refractivity contribution in [2.75, 3.05) is 35.8 Å². The average Bonchev–Trinajstić information content (AvgIpc) is 3.74. The van der Waals surface area contributed by atoms with E-state index in [-0.39, 0.29) is 10.7 Å². The predicted molar refractivity (Wildman–Crippen MR) is 135 cm³/mol. The number of hydrogen-bond acceptors (Lipinski definition) is 8. The van der Waals surface area contributed by atoms with E-state index in [4.69, 9.17) is 9.97 Å². The summed E-state index contributed by atoms with van der Waals surface area (Å²) >= 11 is 0. The van der Waals surface area contributed by atoms with Gasteiger partial charge in [0.25, 0.3) is 10.0 Å². The first-order valence-corrected chi connectivity index (χ1v) is 13.3. The summed E-state index contributed by atoms with van der Waals surface area (Å²) < 4.78 is 41.3. The lowest BCUT2D eigenvalue weighted by molar-refractivity contribution is 0.586. The van der Waals surface area contributed by atoms with Crippen molar-refractivity contribution in [3.63, 3.8) is 0 Å². The van der Waals surface area contributed by atoms with Gasteiger partial charge in [-0.2, -0.15) is 0 Å². The molecule has 0 radical (unpaired) electrons. The number of sulfonamides is 1. The standard InChI is InChI=1S/C25H24FN7O2S/c26-18-3-5-19(6-4-18)36(34,35)32-22-13-17(7-8-29-22)24-30-21-15-28-14-20(16-1-2-16)23(21)25(31-24)33-11-9-27-10-12-33/h3-8,13-16,27H,1-2,9-12H2,(H,29,32). The topological polar surface area (TPSA) is 113 Å². The lowest BCUT2D eigenvalue weighted by Gasteiger charge is -2.30. The van der Waals surface area contributed by atoms with Crippen LogP contribution < -0.4 is 14.9 Å². The minimum atomic E-state index is -3.94. The molecule has 1 aliphatic carbocycles. The summed E-state index contributed by atoms with van der Waals surface area (Å²) in [7, 11) is -3.94. The van der Waals surface area contributed by atoms with Crippen LogP contribution in [-0.2, 0) is 10.0 Å². The minimum Gasteiger partial charge on any atom is -0.353 e. The van der Waals surface area contributed by atoms with Gasteiger partial charge >= 0.3 is 0 Å². The molecule has 11 heteroatoms. The number of hydrogen-bond donors (Lipinski definition) is 2. The van der Waals surface area contributed by atoms with Crippen LogP contribution in [0.5, 0.6) is 0 Å². The molecule has 2 aliphatic rings. The third kappa shape index (κ3) is 4.47. The van der Waals surface area contributed by atoms with Crippen LogP contribution >= 0.6 is 0 Å². The van der Waals surface area contributed by atoms with E-state index in [1.807, 2.05) is 6.20 Å². The maximum atomic E-state index is 13.2. The van der Waals surface area contributed by atoms with Crippen LogP contribution in [0.3, 0.4) is 0 Å². The molecule has 0 amide bonds. The molecule has 184 valence electrons. The number of halogens is 1. The highest BCUT2D eigenvalue weighted by Crippen LogP contribution is 2.44. The summed E-state index contributed by atoms with van der Waals surface area (Å²) in [5.41, 5.74) is 2.58. The summed E-state index contributed by atoms with van der Waals surface area (Å²) in [6, 6.07) is 7.96. The van der Waals surface area contributed by atoms with E-state index in [1.165, 1.54) is 23.9 Å². The molecule has 0 unspecified atom stereocenters. The van der Waals surface area contributed by atoms with E-state index in [1.54, 1.807) is 18.3 Å². The highest BCUT2D eigenvalue weighted by atomic mass is 32.2. The van der Waals surface area contributed by atoms with E-state index < -0.39 is 15.8 Å². The molecule has 1 aliphatic heterocycles. The van der Waals surface area contributed by atoms with Crippen molar-refractivity contribution in [2.45, 2.75) is 23.7 Å². The van der Waals surface area contributed by atoms with Crippen molar-refractivity contribution in [1.82, 2.24) is 25.3 Å². The number of benzene rings is 1. The second-order valence-electron chi connectivity index (χ2n) is 8.99. The summed E-state index contributed by atoms with van der Waals surface area (Å²) in [6.45, 7) is 3.40. The quantitative estimate of drug-likeness (QED) is 0.410. The fourth-order valence-corrected chi connectivity index (χ4v) is 5.46. The van der Waals surface area contributed by atoms with Gasteiger partial charge in [0, 0.05) is 49.5 Å². The van der Waals surface area contributed by atoms with Gasteiger partial charge in [-0.05, 0) is 60.7 Å². The van der Waals surface area contributed by atoms with Gasteiger partial charge in [0.2, 0.25) is 0 Å². The normalized spacial score (nSPS) is 16.3. The van der Waals surface area contributed by atoms with Crippen molar-refractivity contribution in [2.24, 2.45) is 0 Å². The van der Waals surface area contributed by atoms with Gasteiger partial charge < -0.3 is 10.2 Å². The SMILES string of the molecule is O=S(=O)(Nc1cc(-c2nc(N3CCNCC3)c3c(C4CC4)cncc3n2)ccn1)c1ccc(F)cc1. The van der Waals surface area contributed by atoms with Crippen LogP contribution in [0.1, 0.15) is 24.3 Å². The van der Waals surface area contributed by atoms with Gasteiger partial charge in [-0.1, -0.05) is 0 Å². The van der Waals surface area contributed by atoms with Crippen LogP contribution in [0.25, 0.3) is 22.3 Å². The van der Waals surface area contributed by atoms with E-state index in [9.17, 15) is 12.8 Å². The number of fused-ring (bicyclic) bond motifs is 1. The lowest BCUT2D eigenvalue weighted by Crippen LogP contribution is -2.44. The molecule has 36 heavy (non-hydrogen) atoms. The third-order valence-electron chi connectivity index (χ3n) is 6.43. The average molecular weight is 506 g/mol.